The minimum atomic E-state index is -5.08. The summed E-state index contributed by atoms with van der Waals surface area (Å²) in [5.41, 5.74) is 3.33. The van der Waals surface area contributed by atoms with Gasteiger partial charge in [-0.25, -0.2) is 18.0 Å². The van der Waals surface area contributed by atoms with Crippen molar-refractivity contribution in [3.05, 3.63) is 53.6 Å². The number of aromatic carboxylic acids is 1. The van der Waals surface area contributed by atoms with Gasteiger partial charge in [0.1, 0.15) is 0 Å². The van der Waals surface area contributed by atoms with Crippen LogP contribution >= 0.6 is 0 Å². The lowest BCUT2D eigenvalue weighted by Crippen LogP contribution is -2.52. The average Bonchev–Trinajstić information content (AvgIpc) is 2.78. The van der Waals surface area contributed by atoms with Crippen molar-refractivity contribution in [2.24, 2.45) is 0 Å². The summed E-state index contributed by atoms with van der Waals surface area (Å²) in [6.07, 6.45) is -5.08. The first-order valence-electron chi connectivity index (χ1n) is 10.9. The molecule has 0 aromatic heterocycles. The van der Waals surface area contributed by atoms with Gasteiger partial charge in [0.25, 0.3) is 0 Å². The number of nitrogens with one attached hydrogen (secondary N) is 1. The van der Waals surface area contributed by atoms with Crippen LogP contribution in [-0.2, 0) is 14.8 Å². The quantitative estimate of drug-likeness (QED) is 0.514. The van der Waals surface area contributed by atoms with E-state index in [1.54, 1.807) is 12.1 Å². The Balaban J connectivity index is 0.000000572. The van der Waals surface area contributed by atoms with E-state index >= 15 is 0 Å². The molecule has 0 amide bonds. The predicted octanol–water partition coefficient (Wildman–Crippen LogP) is 3.80. The first-order chi connectivity index (χ1) is 16.6. The normalized spacial score (nSPS) is 16.1. The van der Waals surface area contributed by atoms with E-state index in [0.29, 0.717) is 18.8 Å². The van der Waals surface area contributed by atoms with Gasteiger partial charge < -0.3 is 20.0 Å². The van der Waals surface area contributed by atoms with Gasteiger partial charge in [-0.05, 0) is 56.7 Å². The fraction of sp³-hybridized carbons (Fsp3) is 0.391. The molecule has 1 atom stereocenters. The Morgan fingerprint density at radius 3 is 2.25 bits per heavy atom. The number of aryl methyl sites for hydroxylation is 1. The van der Waals surface area contributed by atoms with E-state index in [1.165, 1.54) is 24.2 Å². The van der Waals surface area contributed by atoms with E-state index in [-0.39, 0.29) is 23.0 Å². The molecule has 36 heavy (non-hydrogen) atoms. The monoisotopic (exact) mass is 531 g/mol. The van der Waals surface area contributed by atoms with E-state index in [9.17, 15) is 31.5 Å². The summed E-state index contributed by atoms with van der Waals surface area (Å²) in [4.78, 5) is 25.1. The lowest BCUT2D eigenvalue weighted by atomic mass is 10.1. The molecule has 198 valence electrons. The van der Waals surface area contributed by atoms with Gasteiger partial charge in [0.2, 0.25) is 10.0 Å². The number of carboxylic acid groups (broad SMARTS) is 2. The molecule has 13 heteroatoms. The Bertz CT molecular complexity index is 1200. The second kappa shape index (κ2) is 11.5. The van der Waals surface area contributed by atoms with Crippen LogP contribution in [0.25, 0.3) is 0 Å². The van der Waals surface area contributed by atoms with Crippen molar-refractivity contribution in [3.63, 3.8) is 0 Å². The van der Waals surface area contributed by atoms with Crippen LogP contribution in [0.3, 0.4) is 0 Å². The molecule has 1 fully saturated rings. The second-order valence-corrected chi connectivity index (χ2v) is 10.2. The molecule has 3 N–H and O–H groups in total. The van der Waals surface area contributed by atoms with Crippen LogP contribution in [0.15, 0.2) is 42.5 Å². The number of hydrogen-bond donors (Lipinski definition) is 3. The molecule has 0 radical (unpaired) electrons. The molecule has 1 aliphatic heterocycles. The second-order valence-electron chi connectivity index (χ2n) is 8.17. The van der Waals surface area contributed by atoms with Gasteiger partial charge in [-0.2, -0.15) is 13.2 Å². The molecule has 2 aromatic carbocycles. The van der Waals surface area contributed by atoms with Crippen LogP contribution in [0.1, 0.15) is 29.8 Å². The number of rotatable bonds is 6. The summed E-state index contributed by atoms with van der Waals surface area (Å²) in [5.74, 6) is -3.91. The maximum Gasteiger partial charge on any atom is 0.490 e. The van der Waals surface area contributed by atoms with Crippen LogP contribution in [-0.4, -0.2) is 68.2 Å². The highest BCUT2D eigenvalue weighted by Crippen LogP contribution is 2.29. The van der Waals surface area contributed by atoms with E-state index < -0.39 is 28.1 Å². The maximum absolute atomic E-state index is 11.8. The highest BCUT2D eigenvalue weighted by atomic mass is 32.2. The van der Waals surface area contributed by atoms with Crippen molar-refractivity contribution < 1.29 is 41.4 Å². The lowest BCUT2D eigenvalue weighted by Gasteiger charge is -2.42. The minimum absolute atomic E-state index is 0.0738. The number of alkyl halides is 3. The summed E-state index contributed by atoms with van der Waals surface area (Å²) in [5, 5.41) is 16.8. The third-order valence-electron chi connectivity index (χ3n) is 5.42. The number of piperazine rings is 1. The molecule has 9 nitrogen and oxygen atoms in total. The standard InChI is InChI=1S/C21H27N3O4S.C2HF3O2/c1-4-29(27,28)22-17-8-9-20(19(13-17)21(25)26)23-10-11-24(16(3)14-23)18-7-5-6-15(2)12-18;3-2(4,5)1(6)7/h5-9,12-13,16,22H,4,10-11,14H2,1-3H3,(H,25,26);(H,6,7). The SMILES string of the molecule is CCS(=O)(=O)Nc1ccc(N2CCN(c3cccc(C)c3)C(C)C2)c(C(=O)O)c1.O=C(O)C(F)(F)F. The number of hydrogen-bond acceptors (Lipinski definition) is 6. The zero-order valence-electron chi connectivity index (χ0n) is 19.9. The molecular formula is C23H28F3N3O6S. The van der Waals surface area contributed by atoms with E-state index in [0.717, 1.165) is 6.54 Å². The zero-order valence-corrected chi connectivity index (χ0v) is 20.7. The van der Waals surface area contributed by atoms with Crippen molar-refractivity contribution in [2.75, 3.05) is 39.9 Å². The van der Waals surface area contributed by atoms with Gasteiger partial charge in [0.05, 0.1) is 17.0 Å². The van der Waals surface area contributed by atoms with E-state index in [1.807, 2.05) is 6.07 Å². The van der Waals surface area contributed by atoms with Crippen LogP contribution in [0.2, 0.25) is 0 Å². The fourth-order valence-corrected chi connectivity index (χ4v) is 4.30. The predicted molar refractivity (Wildman–Crippen MR) is 130 cm³/mol. The van der Waals surface area contributed by atoms with Gasteiger partial charge in [-0.1, -0.05) is 12.1 Å². The number of carboxylic acids is 2. The van der Waals surface area contributed by atoms with Crippen LogP contribution in [0, 0.1) is 6.92 Å². The van der Waals surface area contributed by atoms with Crippen molar-refractivity contribution in [3.8, 4) is 0 Å². The molecular weight excluding hydrogens is 503 g/mol. The summed E-state index contributed by atoms with van der Waals surface area (Å²) < 4.78 is 57.8. The van der Waals surface area contributed by atoms with Crippen LogP contribution in [0.5, 0.6) is 0 Å². The first-order valence-corrected chi connectivity index (χ1v) is 12.6. The Morgan fingerprint density at radius 1 is 1.11 bits per heavy atom. The molecule has 0 saturated carbocycles. The minimum Gasteiger partial charge on any atom is -0.478 e. The third-order valence-corrected chi connectivity index (χ3v) is 6.73. The smallest absolute Gasteiger partial charge is 0.478 e. The van der Waals surface area contributed by atoms with Gasteiger partial charge in [0.15, 0.2) is 0 Å². The largest absolute Gasteiger partial charge is 0.490 e. The van der Waals surface area contributed by atoms with E-state index in [2.05, 4.69) is 46.6 Å². The first kappa shape index (κ1) is 28.8. The summed E-state index contributed by atoms with van der Waals surface area (Å²) in [6, 6.07) is 13.3. The number of sulfonamides is 1. The van der Waals surface area contributed by atoms with Gasteiger partial charge in [-0.3, -0.25) is 4.72 Å². The molecule has 1 unspecified atom stereocenters. The molecule has 0 aliphatic carbocycles. The highest BCUT2D eigenvalue weighted by Gasteiger charge is 2.38. The molecule has 0 spiro atoms. The molecule has 2 aromatic rings. The number of nitrogens with zero attached hydrogens (tertiary/aromatic N) is 2. The van der Waals surface area contributed by atoms with Crippen molar-refractivity contribution in [1.82, 2.24) is 0 Å². The molecule has 3 rings (SSSR count). The van der Waals surface area contributed by atoms with Crippen LogP contribution in [0.4, 0.5) is 30.2 Å². The van der Waals surface area contributed by atoms with Gasteiger partial charge in [-0.15, -0.1) is 0 Å². The number of anilines is 3. The molecule has 1 aliphatic rings. The topological polar surface area (TPSA) is 127 Å². The maximum atomic E-state index is 11.8. The Morgan fingerprint density at radius 2 is 1.75 bits per heavy atom. The third kappa shape index (κ3) is 7.77. The Kier molecular flexibility index (Phi) is 9.19. The fourth-order valence-electron chi connectivity index (χ4n) is 3.66. The zero-order chi connectivity index (χ0) is 27.3. The van der Waals surface area contributed by atoms with E-state index in [4.69, 9.17) is 9.90 Å². The Labute approximate surface area is 207 Å². The average molecular weight is 532 g/mol. The summed E-state index contributed by atoms with van der Waals surface area (Å²) >= 11 is 0. The van der Waals surface area contributed by atoms with Crippen molar-refractivity contribution in [2.45, 2.75) is 33.0 Å². The van der Waals surface area contributed by atoms with Crippen molar-refractivity contribution >= 4 is 39.0 Å². The lowest BCUT2D eigenvalue weighted by molar-refractivity contribution is -0.192. The summed E-state index contributed by atoms with van der Waals surface area (Å²) in [6.45, 7) is 7.85. The molecule has 1 heterocycles. The number of carbonyl (C=O) groups is 2. The Hall–Kier alpha value is -3.48. The highest BCUT2D eigenvalue weighted by molar-refractivity contribution is 7.92. The molecule has 0 bridgehead atoms. The summed E-state index contributed by atoms with van der Waals surface area (Å²) in [7, 11) is -3.47. The number of halogens is 3. The molecule has 1 saturated heterocycles. The van der Waals surface area contributed by atoms with Gasteiger partial charge in [0, 0.05) is 37.1 Å². The van der Waals surface area contributed by atoms with Crippen molar-refractivity contribution in [1.29, 1.82) is 0 Å². The van der Waals surface area contributed by atoms with Gasteiger partial charge >= 0.3 is 18.1 Å². The number of aliphatic carboxylic acids is 1. The van der Waals surface area contributed by atoms with Crippen LogP contribution < -0.4 is 14.5 Å². The number of benzene rings is 2.